The summed E-state index contributed by atoms with van der Waals surface area (Å²) in [5.41, 5.74) is 0.814. The molecular weight excluding hydrogens is 320 g/mol. The standard InChI is InChI=1S/C19H26N2O4/c1-24-15-9-7-13(8-10-15)17(21-16-11-12-25-19(16)23)18(22)20-14-5-3-2-4-6-14/h7-10,14,16-17,21H,2-6,11-12H2,1H3,(H,20,22)/t16-,17-/m0/s1. The van der Waals surface area contributed by atoms with Crippen LogP contribution in [0.4, 0.5) is 0 Å². The van der Waals surface area contributed by atoms with E-state index in [2.05, 4.69) is 10.6 Å². The predicted molar refractivity (Wildman–Crippen MR) is 93.3 cm³/mol. The van der Waals surface area contributed by atoms with Gasteiger partial charge in [0.15, 0.2) is 0 Å². The van der Waals surface area contributed by atoms with Gasteiger partial charge in [0.05, 0.1) is 13.7 Å². The number of nitrogens with one attached hydrogen (secondary N) is 2. The van der Waals surface area contributed by atoms with Gasteiger partial charge in [0.2, 0.25) is 5.91 Å². The molecule has 2 atom stereocenters. The number of carbonyl (C=O) groups is 2. The van der Waals surface area contributed by atoms with Gasteiger partial charge in [-0.25, -0.2) is 0 Å². The smallest absolute Gasteiger partial charge is 0.323 e. The van der Waals surface area contributed by atoms with Crippen molar-refractivity contribution in [3.05, 3.63) is 29.8 Å². The third-order valence-corrected chi connectivity index (χ3v) is 4.97. The summed E-state index contributed by atoms with van der Waals surface area (Å²) >= 11 is 0. The normalized spacial score (nSPS) is 22.3. The largest absolute Gasteiger partial charge is 0.497 e. The van der Waals surface area contributed by atoms with Gasteiger partial charge in [-0.3, -0.25) is 14.9 Å². The van der Waals surface area contributed by atoms with E-state index in [1.54, 1.807) is 7.11 Å². The molecular formula is C19H26N2O4. The Labute approximate surface area is 148 Å². The Morgan fingerprint density at radius 1 is 1.16 bits per heavy atom. The molecule has 6 nitrogen and oxygen atoms in total. The highest BCUT2D eigenvalue weighted by Crippen LogP contribution is 2.22. The van der Waals surface area contributed by atoms with Crippen LogP contribution in [0, 0.1) is 0 Å². The zero-order chi connectivity index (χ0) is 17.6. The molecule has 2 fully saturated rings. The van der Waals surface area contributed by atoms with Crippen molar-refractivity contribution in [3.63, 3.8) is 0 Å². The van der Waals surface area contributed by atoms with Crippen molar-refractivity contribution in [2.45, 2.75) is 56.7 Å². The highest BCUT2D eigenvalue weighted by Gasteiger charge is 2.32. The van der Waals surface area contributed by atoms with Gasteiger partial charge in [-0.2, -0.15) is 0 Å². The average Bonchev–Trinajstić information content (AvgIpc) is 3.05. The Morgan fingerprint density at radius 2 is 1.88 bits per heavy atom. The Balaban J connectivity index is 1.74. The molecule has 1 amide bonds. The molecule has 0 spiro atoms. The van der Waals surface area contributed by atoms with Crippen LogP contribution in [0.25, 0.3) is 0 Å². The number of cyclic esters (lactones) is 1. The van der Waals surface area contributed by atoms with Crippen LogP contribution < -0.4 is 15.4 Å². The van der Waals surface area contributed by atoms with Crippen LogP contribution >= 0.6 is 0 Å². The number of esters is 1. The van der Waals surface area contributed by atoms with Crippen molar-refractivity contribution in [1.82, 2.24) is 10.6 Å². The maximum atomic E-state index is 12.9. The summed E-state index contributed by atoms with van der Waals surface area (Å²) in [6.07, 6.45) is 6.17. The first kappa shape index (κ1) is 17.7. The third-order valence-electron chi connectivity index (χ3n) is 4.97. The Hall–Kier alpha value is -2.08. The molecule has 0 radical (unpaired) electrons. The van der Waals surface area contributed by atoms with Crippen molar-refractivity contribution in [2.75, 3.05) is 13.7 Å². The van der Waals surface area contributed by atoms with Gasteiger partial charge >= 0.3 is 5.97 Å². The van der Waals surface area contributed by atoms with E-state index in [1.807, 2.05) is 24.3 Å². The van der Waals surface area contributed by atoms with Crippen molar-refractivity contribution in [3.8, 4) is 5.75 Å². The Morgan fingerprint density at radius 3 is 2.48 bits per heavy atom. The molecule has 2 N–H and O–H groups in total. The van der Waals surface area contributed by atoms with Gasteiger partial charge in [0.25, 0.3) is 0 Å². The fourth-order valence-electron chi connectivity index (χ4n) is 3.50. The lowest BCUT2D eigenvalue weighted by Crippen LogP contribution is -2.47. The fourth-order valence-corrected chi connectivity index (χ4v) is 3.50. The molecule has 1 heterocycles. The molecule has 136 valence electrons. The maximum absolute atomic E-state index is 12.9. The number of hydrogen-bond acceptors (Lipinski definition) is 5. The number of ether oxygens (including phenoxy) is 2. The molecule has 1 aliphatic carbocycles. The lowest BCUT2D eigenvalue weighted by atomic mass is 9.94. The number of hydrogen-bond donors (Lipinski definition) is 2. The summed E-state index contributed by atoms with van der Waals surface area (Å²) in [6, 6.07) is 6.57. The molecule has 0 bridgehead atoms. The molecule has 1 saturated heterocycles. The van der Waals surface area contributed by atoms with Crippen LogP contribution in [0.5, 0.6) is 5.75 Å². The van der Waals surface area contributed by atoms with Crippen LogP contribution in [0.1, 0.15) is 50.1 Å². The Bertz CT molecular complexity index is 596. The minimum atomic E-state index is -0.580. The molecule has 6 heteroatoms. The zero-order valence-corrected chi connectivity index (χ0v) is 14.6. The summed E-state index contributed by atoms with van der Waals surface area (Å²) in [7, 11) is 1.61. The molecule has 25 heavy (non-hydrogen) atoms. The van der Waals surface area contributed by atoms with Gasteiger partial charge in [-0.05, 0) is 30.5 Å². The van der Waals surface area contributed by atoms with Gasteiger partial charge < -0.3 is 14.8 Å². The van der Waals surface area contributed by atoms with Crippen LogP contribution in [0.15, 0.2) is 24.3 Å². The summed E-state index contributed by atoms with van der Waals surface area (Å²) < 4.78 is 10.2. The summed E-state index contributed by atoms with van der Waals surface area (Å²) in [4.78, 5) is 24.7. The molecule has 1 saturated carbocycles. The molecule has 1 aromatic carbocycles. The van der Waals surface area contributed by atoms with E-state index in [0.29, 0.717) is 13.0 Å². The summed E-state index contributed by atoms with van der Waals surface area (Å²) in [5.74, 6) is 0.358. The number of amides is 1. The van der Waals surface area contributed by atoms with E-state index in [9.17, 15) is 9.59 Å². The third kappa shape index (κ3) is 4.51. The topological polar surface area (TPSA) is 76.7 Å². The van der Waals surface area contributed by atoms with Gasteiger partial charge in [-0.1, -0.05) is 31.4 Å². The maximum Gasteiger partial charge on any atom is 0.323 e. The second-order valence-electron chi connectivity index (χ2n) is 6.73. The van der Waals surface area contributed by atoms with Gasteiger partial charge in [0.1, 0.15) is 17.8 Å². The Kier molecular flexibility index (Phi) is 5.91. The predicted octanol–water partition coefficient (Wildman–Crippen LogP) is 2.09. The van der Waals surface area contributed by atoms with Crippen LogP contribution in [0.3, 0.4) is 0 Å². The fraction of sp³-hybridized carbons (Fsp3) is 0.579. The average molecular weight is 346 g/mol. The van der Waals surface area contributed by atoms with Gasteiger partial charge in [-0.15, -0.1) is 0 Å². The van der Waals surface area contributed by atoms with E-state index >= 15 is 0 Å². The first-order valence-corrected chi connectivity index (χ1v) is 9.04. The molecule has 3 rings (SSSR count). The zero-order valence-electron chi connectivity index (χ0n) is 14.6. The second kappa shape index (κ2) is 8.34. The van der Waals surface area contributed by atoms with Crippen molar-refractivity contribution >= 4 is 11.9 Å². The lowest BCUT2D eigenvalue weighted by Gasteiger charge is -2.27. The molecule has 0 unspecified atom stereocenters. The minimum absolute atomic E-state index is 0.0863. The number of methoxy groups -OCH3 is 1. The highest BCUT2D eigenvalue weighted by molar-refractivity contribution is 5.85. The van der Waals surface area contributed by atoms with E-state index in [0.717, 1.165) is 37.0 Å². The number of rotatable bonds is 6. The van der Waals surface area contributed by atoms with Crippen LogP contribution in [-0.2, 0) is 14.3 Å². The van der Waals surface area contributed by atoms with Crippen molar-refractivity contribution in [2.24, 2.45) is 0 Å². The second-order valence-corrected chi connectivity index (χ2v) is 6.73. The highest BCUT2D eigenvalue weighted by atomic mass is 16.5. The van der Waals surface area contributed by atoms with Crippen LogP contribution in [-0.4, -0.2) is 37.7 Å². The van der Waals surface area contributed by atoms with E-state index in [4.69, 9.17) is 9.47 Å². The first-order valence-electron chi connectivity index (χ1n) is 9.04. The SMILES string of the molecule is COc1ccc([C@H](N[C@H]2CCOC2=O)C(=O)NC2CCCCC2)cc1. The van der Waals surface area contributed by atoms with E-state index < -0.39 is 12.1 Å². The van der Waals surface area contributed by atoms with Gasteiger partial charge in [0, 0.05) is 12.5 Å². The van der Waals surface area contributed by atoms with E-state index in [-0.39, 0.29) is 17.9 Å². The molecule has 1 aliphatic heterocycles. The monoisotopic (exact) mass is 346 g/mol. The van der Waals surface area contributed by atoms with Crippen LogP contribution in [0.2, 0.25) is 0 Å². The summed E-state index contributed by atoms with van der Waals surface area (Å²) in [5, 5.41) is 6.33. The number of carbonyl (C=O) groups excluding carboxylic acids is 2. The van der Waals surface area contributed by atoms with Crippen molar-refractivity contribution < 1.29 is 19.1 Å². The molecule has 0 aromatic heterocycles. The first-order chi connectivity index (χ1) is 12.2. The molecule has 1 aromatic rings. The summed E-state index contributed by atoms with van der Waals surface area (Å²) in [6.45, 7) is 0.399. The van der Waals surface area contributed by atoms with E-state index in [1.165, 1.54) is 6.42 Å². The lowest BCUT2D eigenvalue weighted by molar-refractivity contribution is -0.140. The van der Waals surface area contributed by atoms with Crippen molar-refractivity contribution in [1.29, 1.82) is 0 Å². The quantitative estimate of drug-likeness (QED) is 0.772. The molecule has 2 aliphatic rings. The minimum Gasteiger partial charge on any atom is -0.497 e. The number of benzene rings is 1.